The van der Waals surface area contributed by atoms with Crippen molar-refractivity contribution in [1.82, 2.24) is 19.4 Å². The highest BCUT2D eigenvalue weighted by Gasteiger charge is 2.44. The van der Waals surface area contributed by atoms with E-state index in [1.807, 2.05) is 17.2 Å². The van der Waals surface area contributed by atoms with E-state index in [0.29, 0.717) is 38.1 Å². The minimum Gasteiger partial charge on any atom is -0.473 e. The summed E-state index contributed by atoms with van der Waals surface area (Å²) in [6, 6.07) is 6.69. The molecule has 206 valence electrons. The van der Waals surface area contributed by atoms with Gasteiger partial charge in [-0.2, -0.15) is 0 Å². The molecule has 2 aromatic rings. The van der Waals surface area contributed by atoms with E-state index in [9.17, 15) is 9.18 Å². The number of imidazole rings is 1. The number of nitrogens with zero attached hydrogens (tertiary/aromatic N) is 4. The number of carbonyl (C=O) groups excluding carboxylic acids is 1. The van der Waals surface area contributed by atoms with Gasteiger partial charge in [-0.1, -0.05) is 18.2 Å². The van der Waals surface area contributed by atoms with Crippen LogP contribution in [-0.4, -0.2) is 80.7 Å². The number of benzene rings is 1. The van der Waals surface area contributed by atoms with Crippen molar-refractivity contribution in [3.05, 3.63) is 53.4 Å². The molecule has 1 saturated heterocycles. The molecule has 38 heavy (non-hydrogen) atoms. The maximum atomic E-state index is 13.9. The number of hydrogen-bond acceptors (Lipinski definition) is 6. The number of hydrogen-bond donors (Lipinski definition) is 2. The van der Waals surface area contributed by atoms with Crippen molar-refractivity contribution in [3.63, 3.8) is 0 Å². The lowest BCUT2D eigenvalue weighted by Gasteiger charge is -2.43. The molecule has 1 aromatic carbocycles. The van der Waals surface area contributed by atoms with Gasteiger partial charge in [0.25, 0.3) is 0 Å². The van der Waals surface area contributed by atoms with Gasteiger partial charge in [0.2, 0.25) is 5.91 Å². The Labute approximate surface area is 221 Å². The molecule has 0 unspecified atom stereocenters. The zero-order chi connectivity index (χ0) is 27.3. The Hall–Kier alpha value is -3.31. The van der Waals surface area contributed by atoms with E-state index in [2.05, 4.69) is 16.5 Å². The van der Waals surface area contributed by atoms with Gasteiger partial charge in [0.05, 0.1) is 12.3 Å². The number of carboxylic acid groups (broad SMARTS) is 2. The average Bonchev–Trinajstić information content (AvgIpc) is 3.61. The third kappa shape index (κ3) is 6.76. The Morgan fingerprint density at radius 1 is 1.13 bits per heavy atom. The molecule has 11 heteroatoms. The number of likely N-dealkylation sites (tertiary alicyclic amines) is 1. The van der Waals surface area contributed by atoms with Gasteiger partial charge in [-0.05, 0) is 43.9 Å². The summed E-state index contributed by atoms with van der Waals surface area (Å²) in [5, 5.41) is 14.8. The van der Waals surface area contributed by atoms with Crippen molar-refractivity contribution in [2.24, 2.45) is 5.92 Å². The summed E-state index contributed by atoms with van der Waals surface area (Å²) in [5.74, 6) is -1.90. The third-order valence-corrected chi connectivity index (χ3v) is 7.41. The Morgan fingerprint density at radius 2 is 1.82 bits per heavy atom. The fourth-order valence-corrected chi connectivity index (χ4v) is 5.22. The standard InChI is InChI=1S/C25H33FN4O2.C2H2O4/c1-28(17-19-6-7-19)18-21-16-27-24-25(32-15-14-30(21)24)10-12-29(13-11-25)23(31)9-8-20-4-2-3-5-22(20)26;3-1(4)2(5)6/h2-5,16,19H,6-15,17-18H2,1H3;(H,3,4)(H,5,6). The first-order valence-corrected chi connectivity index (χ1v) is 13.0. The van der Waals surface area contributed by atoms with Gasteiger partial charge in [0.15, 0.2) is 0 Å². The molecule has 2 fully saturated rings. The number of aromatic nitrogens is 2. The fourth-order valence-electron chi connectivity index (χ4n) is 5.22. The van der Waals surface area contributed by atoms with Gasteiger partial charge >= 0.3 is 11.9 Å². The van der Waals surface area contributed by atoms with Crippen molar-refractivity contribution in [1.29, 1.82) is 0 Å². The van der Waals surface area contributed by atoms with E-state index in [4.69, 9.17) is 29.5 Å². The number of carbonyl (C=O) groups is 3. The first-order valence-electron chi connectivity index (χ1n) is 13.0. The molecule has 1 spiro atoms. The van der Waals surface area contributed by atoms with Gasteiger partial charge in [0, 0.05) is 58.2 Å². The first kappa shape index (κ1) is 27.7. The number of halogens is 1. The third-order valence-electron chi connectivity index (χ3n) is 7.41. The minimum atomic E-state index is -1.82. The quantitative estimate of drug-likeness (QED) is 0.523. The number of rotatable bonds is 7. The van der Waals surface area contributed by atoms with Crippen molar-refractivity contribution >= 4 is 17.8 Å². The van der Waals surface area contributed by atoms with Gasteiger partial charge in [0.1, 0.15) is 17.2 Å². The van der Waals surface area contributed by atoms with Crippen LogP contribution in [0, 0.1) is 11.7 Å². The van der Waals surface area contributed by atoms with Crippen molar-refractivity contribution in [2.75, 3.05) is 33.3 Å². The van der Waals surface area contributed by atoms with Crippen LogP contribution in [0.4, 0.5) is 4.39 Å². The molecule has 2 N–H and O–H groups in total. The van der Waals surface area contributed by atoms with E-state index in [-0.39, 0.29) is 11.7 Å². The van der Waals surface area contributed by atoms with Crippen LogP contribution in [0.3, 0.4) is 0 Å². The molecule has 3 heterocycles. The van der Waals surface area contributed by atoms with Crippen LogP contribution in [0.2, 0.25) is 0 Å². The van der Waals surface area contributed by atoms with Crippen LogP contribution in [0.5, 0.6) is 0 Å². The van der Waals surface area contributed by atoms with Gasteiger partial charge in [-0.15, -0.1) is 0 Å². The molecular weight excluding hydrogens is 495 g/mol. The second-order valence-electron chi connectivity index (χ2n) is 10.3. The highest BCUT2D eigenvalue weighted by atomic mass is 19.1. The predicted octanol–water partition coefficient (Wildman–Crippen LogP) is 2.50. The average molecular weight is 531 g/mol. The smallest absolute Gasteiger partial charge is 0.414 e. The Morgan fingerprint density at radius 3 is 2.45 bits per heavy atom. The SMILES string of the molecule is CN(Cc1cnc2n1CCOC21CCN(C(=O)CCc2ccccc2F)CC1)CC1CC1.O=C(O)C(=O)O. The summed E-state index contributed by atoms with van der Waals surface area (Å²) >= 11 is 0. The van der Waals surface area contributed by atoms with Crippen LogP contribution in [0.15, 0.2) is 30.5 Å². The summed E-state index contributed by atoms with van der Waals surface area (Å²) in [6.07, 6.45) is 7.02. The fraction of sp³-hybridized carbons (Fsp3) is 0.556. The Balaban J connectivity index is 0.000000505. The van der Waals surface area contributed by atoms with E-state index in [1.165, 1.54) is 24.6 Å². The first-order chi connectivity index (χ1) is 18.2. The molecular formula is C27H35FN4O6. The predicted molar refractivity (Wildman–Crippen MR) is 135 cm³/mol. The number of piperidine rings is 1. The van der Waals surface area contributed by atoms with E-state index in [0.717, 1.165) is 44.2 Å². The molecule has 3 aliphatic rings. The van der Waals surface area contributed by atoms with Gasteiger partial charge in [-0.3, -0.25) is 4.79 Å². The highest BCUT2D eigenvalue weighted by molar-refractivity contribution is 6.27. The molecule has 1 aromatic heterocycles. The lowest BCUT2D eigenvalue weighted by molar-refractivity contribution is -0.159. The molecule has 1 aliphatic carbocycles. The van der Waals surface area contributed by atoms with Crippen LogP contribution in [-0.2, 0) is 44.2 Å². The van der Waals surface area contributed by atoms with Crippen molar-refractivity contribution in [3.8, 4) is 0 Å². The second kappa shape index (κ2) is 12.0. The molecule has 0 bridgehead atoms. The molecule has 10 nitrogen and oxygen atoms in total. The minimum absolute atomic E-state index is 0.0876. The van der Waals surface area contributed by atoms with E-state index in [1.54, 1.807) is 12.1 Å². The maximum Gasteiger partial charge on any atom is 0.414 e. The Bertz CT molecular complexity index is 1140. The van der Waals surface area contributed by atoms with Crippen molar-refractivity contribution in [2.45, 2.75) is 57.2 Å². The molecule has 2 aliphatic heterocycles. The van der Waals surface area contributed by atoms with Crippen LogP contribution in [0.25, 0.3) is 0 Å². The lowest BCUT2D eigenvalue weighted by atomic mass is 9.89. The summed E-state index contributed by atoms with van der Waals surface area (Å²) in [5.41, 5.74) is 1.47. The number of ether oxygens (including phenoxy) is 1. The van der Waals surface area contributed by atoms with Crippen LogP contribution >= 0.6 is 0 Å². The topological polar surface area (TPSA) is 125 Å². The summed E-state index contributed by atoms with van der Waals surface area (Å²) in [4.78, 5) is 40.1. The monoisotopic (exact) mass is 530 g/mol. The summed E-state index contributed by atoms with van der Waals surface area (Å²) < 4.78 is 22.5. The molecule has 1 saturated carbocycles. The van der Waals surface area contributed by atoms with E-state index >= 15 is 0 Å². The maximum absolute atomic E-state index is 13.9. The van der Waals surface area contributed by atoms with Crippen LogP contribution < -0.4 is 0 Å². The zero-order valence-electron chi connectivity index (χ0n) is 21.6. The lowest BCUT2D eigenvalue weighted by Crippen LogP contribution is -2.50. The highest BCUT2D eigenvalue weighted by Crippen LogP contribution is 2.39. The number of amides is 1. The molecule has 5 rings (SSSR count). The van der Waals surface area contributed by atoms with Crippen molar-refractivity contribution < 1.29 is 33.7 Å². The second-order valence-corrected chi connectivity index (χ2v) is 10.3. The number of aryl methyl sites for hydroxylation is 1. The number of aliphatic carboxylic acids is 2. The van der Waals surface area contributed by atoms with Crippen LogP contribution in [0.1, 0.15) is 49.2 Å². The number of carboxylic acids is 2. The molecule has 0 atom stereocenters. The van der Waals surface area contributed by atoms with E-state index < -0.39 is 17.5 Å². The zero-order valence-corrected chi connectivity index (χ0v) is 21.6. The molecule has 0 radical (unpaired) electrons. The summed E-state index contributed by atoms with van der Waals surface area (Å²) in [7, 11) is 2.19. The molecule has 1 amide bonds. The van der Waals surface area contributed by atoms with Gasteiger partial charge < -0.3 is 29.3 Å². The Kier molecular flexibility index (Phi) is 8.78. The number of fused-ring (bicyclic) bond motifs is 2. The normalized spacial score (nSPS) is 18.0. The largest absolute Gasteiger partial charge is 0.473 e. The summed E-state index contributed by atoms with van der Waals surface area (Å²) in [6.45, 7) is 4.91. The van der Waals surface area contributed by atoms with Gasteiger partial charge in [-0.25, -0.2) is 19.0 Å².